The Labute approximate surface area is 59.0 Å². The summed E-state index contributed by atoms with van der Waals surface area (Å²) in [5, 5.41) is 6.85. The molecule has 10 heavy (non-hydrogen) atoms. The van der Waals surface area contributed by atoms with Crippen LogP contribution in [0.3, 0.4) is 0 Å². The molecule has 0 bridgehead atoms. The van der Waals surface area contributed by atoms with Gasteiger partial charge in [0.2, 0.25) is 0 Å². The smallest absolute Gasteiger partial charge is 0.0894 e. The molecule has 0 saturated heterocycles. The highest BCUT2D eigenvalue weighted by Crippen LogP contribution is 2.01. The molecule has 1 aromatic rings. The van der Waals surface area contributed by atoms with Crippen LogP contribution in [0.1, 0.15) is 5.69 Å². The molecule has 0 spiro atoms. The molecule has 0 radical (unpaired) electrons. The van der Waals surface area contributed by atoms with Gasteiger partial charge in [0.25, 0.3) is 0 Å². The van der Waals surface area contributed by atoms with Crippen molar-refractivity contribution in [3.8, 4) is 0 Å². The molecular formula is C7H7N3. The van der Waals surface area contributed by atoms with Gasteiger partial charge in [-0.1, -0.05) is 6.58 Å². The van der Waals surface area contributed by atoms with Crippen LogP contribution in [0, 0.1) is 5.41 Å². The molecule has 0 aliphatic rings. The Hall–Kier alpha value is -1.51. The van der Waals surface area contributed by atoms with Crippen molar-refractivity contribution in [3.05, 3.63) is 30.9 Å². The van der Waals surface area contributed by atoms with Gasteiger partial charge in [0.15, 0.2) is 0 Å². The van der Waals surface area contributed by atoms with Crippen molar-refractivity contribution in [2.45, 2.75) is 0 Å². The van der Waals surface area contributed by atoms with Crippen molar-refractivity contribution in [3.63, 3.8) is 0 Å². The van der Waals surface area contributed by atoms with Gasteiger partial charge in [-0.25, -0.2) is 0 Å². The second-order valence-corrected chi connectivity index (χ2v) is 1.76. The van der Waals surface area contributed by atoms with Gasteiger partial charge in [0.1, 0.15) is 0 Å². The van der Waals surface area contributed by atoms with E-state index in [4.69, 9.17) is 5.41 Å². The molecule has 0 atom stereocenters. The van der Waals surface area contributed by atoms with Gasteiger partial charge in [0, 0.05) is 24.2 Å². The lowest BCUT2D eigenvalue weighted by molar-refractivity contribution is 1.17. The van der Waals surface area contributed by atoms with Gasteiger partial charge < -0.3 is 5.41 Å². The largest absolute Gasteiger partial charge is 0.308 e. The predicted molar refractivity (Wildman–Crippen MR) is 39.8 cm³/mol. The summed E-state index contributed by atoms with van der Waals surface area (Å²) in [4.78, 5) is 7.76. The third kappa shape index (κ3) is 1.25. The lowest BCUT2D eigenvalue weighted by Gasteiger charge is -1.93. The van der Waals surface area contributed by atoms with E-state index in [-0.39, 0.29) is 0 Å². The van der Waals surface area contributed by atoms with E-state index in [0.29, 0.717) is 11.3 Å². The van der Waals surface area contributed by atoms with Crippen LogP contribution in [0.2, 0.25) is 0 Å². The minimum absolute atomic E-state index is 0.577. The lowest BCUT2D eigenvalue weighted by Crippen LogP contribution is -1.87. The minimum atomic E-state index is 0.577. The summed E-state index contributed by atoms with van der Waals surface area (Å²) in [7, 11) is 0. The first-order valence-electron chi connectivity index (χ1n) is 2.80. The average Bonchev–Trinajstić information content (AvgIpc) is 2.05. The standard InChI is InChI=1S/C7H7N3/c1-6(4-8)7-5-9-2-3-10-7/h2-5,8H,1H2. The number of nitrogens with zero attached hydrogens (tertiary/aromatic N) is 2. The van der Waals surface area contributed by atoms with Gasteiger partial charge in [-0.3, -0.25) is 9.97 Å². The first-order chi connectivity index (χ1) is 4.84. The van der Waals surface area contributed by atoms with Crippen molar-refractivity contribution < 1.29 is 0 Å². The zero-order valence-electron chi connectivity index (χ0n) is 5.41. The van der Waals surface area contributed by atoms with Crippen LogP contribution in [0.4, 0.5) is 0 Å². The van der Waals surface area contributed by atoms with Crippen molar-refractivity contribution in [1.82, 2.24) is 9.97 Å². The quantitative estimate of drug-likeness (QED) is 0.615. The molecule has 0 aliphatic carbocycles. The maximum Gasteiger partial charge on any atom is 0.0894 e. The van der Waals surface area contributed by atoms with E-state index in [9.17, 15) is 0 Å². The Morgan fingerprint density at radius 3 is 2.90 bits per heavy atom. The Bertz CT molecular complexity index is 240. The van der Waals surface area contributed by atoms with Crippen LogP contribution in [-0.4, -0.2) is 16.2 Å². The Balaban J connectivity index is 2.95. The van der Waals surface area contributed by atoms with Gasteiger partial charge >= 0.3 is 0 Å². The van der Waals surface area contributed by atoms with Crippen LogP contribution in [0.25, 0.3) is 5.57 Å². The molecule has 50 valence electrons. The Kier molecular flexibility index (Phi) is 1.89. The second-order valence-electron chi connectivity index (χ2n) is 1.76. The Morgan fingerprint density at radius 2 is 2.40 bits per heavy atom. The number of rotatable bonds is 2. The predicted octanol–water partition coefficient (Wildman–Crippen LogP) is 1.14. The molecule has 1 rings (SSSR count). The van der Waals surface area contributed by atoms with E-state index >= 15 is 0 Å². The van der Waals surface area contributed by atoms with Crippen molar-refractivity contribution in [1.29, 1.82) is 5.41 Å². The molecule has 0 unspecified atom stereocenters. The van der Waals surface area contributed by atoms with Gasteiger partial charge in [-0.05, 0) is 0 Å². The van der Waals surface area contributed by atoms with Crippen LogP contribution < -0.4 is 0 Å². The number of nitrogens with one attached hydrogen (secondary N) is 1. The zero-order chi connectivity index (χ0) is 7.40. The number of hydrogen-bond acceptors (Lipinski definition) is 3. The third-order valence-electron chi connectivity index (χ3n) is 1.07. The molecule has 3 nitrogen and oxygen atoms in total. The normalized spacial score (nSPS) is 8.80. The highest BCUT2D eigenvalue weighted by molar-refractivity contribution is 6.06. The van der Waals surface area contributed by atoms with Crippen LogP contribution in [0.15, 0.2) is 25.2 Å². The SMILES string of the molecule is C=C(C=N)c1cnccn1. The molecular weight excluding hydrogens is 126 g/mol. The molecule has 3 heteroatoms. The first kappa shape index (κ1) is 6.61. The molecule has 0 amide bonds. The van der Waals surface area contributed by atoms with Gasteiger partial charge in [0.05, 0.1) is 11.9 Å². The fourth-order valence-electron chi connectivity index (χ4n) is 0.539. The van der Waals surface area contributed by atoms with Gasteiger partial charge in [-0.2, -0.15) is 0 Å². The topological polar surface area (TPSA) is 49.6 Å². The summed E-state index contributed by atoms with van der Waals surface area (Å²) in [6.07, 6.45) is 5.89. The summed E-state index contributed by atoms with van der Waals surface area (Å²) < 4.78 is 0. The lowest BCUT2D eigenvalue weighted by atomic mass is 10.2. The fraction of sp³-hybridized carbons (Fsp3) is 0. The molecule has 1 N–H and O–H groups in total. The van der Waals surface area contributed by atoms with E-state index in [2.05, 4.69) is 16.5 Å². The maximum absolute atomic E-state index is 6.85. The summed E-state index contributed by atoms with van der Waals surface area (Å²) >= 11 is 0. The third-order valence-corrected chi connectivity index (χ3v) is 1.07. The molecule has 0 fully saturated rings. The number of allylic oxidation sites excluding steroid dienone is 1. The zero-order valence-corrected chi connectivity index (χ0v) is 5.41. The summed E-state index contributed by atoms with van der Waals surface area (Å²) in [6.45, 7) is 3.60. The van der Waals surface area contributed by atoms with E-state index in [1.54, 1.807) is 18.6 Å². The highest BCUT2D eigenvalue weighted by Gasteiger charge is 1.93. The fourth-order valence-corrected chi connectivity index (χ4v) is 0.539. The molecule has 0 aliphatic heterocycles. The van der Waals surface area contributed by atoms with E-state index < -0.39 is 0 Å². The summed E-state index contributed by atoms with van der Waals surface area (Å²) in [5.74, 6) is 0. The average molecular weight is 133 g/mol. The first-order valence-corrected chi connectivity index (χ1v) is 2.80. The van der Waals surface area contributed by atoms with Crippen molar-refractivity contribution in [2.75, 3.05) is 0 Å². The van der Waals surface area contributed by atoms with Crippen molar-refractivity contribution in [2.24, 2.45) is 0 Å². The number of aromatic nitrogens is 2. The molecule has 0 aromatic carbocycles. The Morgan fingerprint density at radius 1 is 1.60 bits per heavy atom. The van der Waals surface area contributed by atoms with Crippen LogP contribution in [-0.2, 0) is 0 Å². The molecule has 1 aromatic heterocycles. The summed E-state index contributed by atoms with van der Waals surface area (Å²) in [5.41, 5.74) is 1.23. The number of hydrogen-bond donors (Lipinski definition) is 1. The monoisotopic (exact) mass is 133 g/mol. The molecule has 1 heterocycles. The molecule has 0 saturated carbocycles. The van der Waals surface area contributed by atoms with E-state index in [0.717, 1.165) is 6.21 Å². The van der Waals surface area contributed by atoms with Gasteiger partial charge in [-0.15, -0.1) is 0 Å². The van der Waals surface area contributed by atoms with E-state index in [1.807, 2.05) is 0 Å². The second kappa shape index (κ2) is 2.87. The maximum atomic E-state index is 6.85. The van der Waals surface area contributed by atoms with Crippen LogP contribution in [0.5, 0.6) is 0 Å². The summed E-state index contributed by atoms with van der Waals surface area (Å²) in [6, 6.07) is 0. The van der Waals surface area contributed by atoms with Crippen molar-refractivity contribution >= 4 is 11.8 Å². The van der Waals surface area contributed by atoms with E-state index in [1.165, 1.54) is 0 Å². The minimum Gasteiger partial charge on any atom is -0.308 e. The van der Waals surface area contributed by atoms with Crippen LogP contribution >= 0.6 is 0 Å². The highest BCUT2D eigenvalue weighted by atomic mass is 14.8.